The van der Waals surface area contributed by atoms with Gasteiger partial charge in [0.25, 0.3) is 0 Å². The molecule has 0 aliphatic carbocycles. The maximum absolute atomic E-state index is 3.90. The molecule has 0 atom stereocenters. The van der Waals surface area contributed by atoms with E-state index in [1.54, 1.807) is 0 Å². The molecule has 0 heterocycles. The summed E-state index contributed by atoms with van der Waals surface area (Å²) in [4.78, 5) is 0. The van der Waals surface area contributed by atoms with Crippen molar-refractivity contribution in [2.24, 2.45) is 5.92 Å². The van der Waals surface area contributed by atoms with Crippen LogP contribution in [0.3, 0.4) is 0 Å². The van der Waals surface area contributed by atoms with Crippen LogP contribution in [0.15, 0.2) is 0 Å². The van der Waals surface area contributed by atoms with Gasteiger partial charge in [-0.05, 0) is 5.92 Å². The average Bonchev–Trinajstić information content (AvgIpc) is 2.52. The largest absolute Gasteiger partial charge is 0.0625 e. The van der Waals surface area contributed by atoms with Crippen molar-refractivity contribution in [1.82, 2.24) is 0 Å². The molecule has 0 heteroatoms. The third-order valence-corrected chi connectivity index (χ3v) is 4.89. The molecule has 2 radical (unpaired) electrons. The Kier molecular flexibility index (Phi) is 19.0. The van der Waals surface area contributed by atoms with Crippen LogP contribution in [-0.4, -0.2) is 0 Å². The summed E-state index contributed by atoms with van der Waals surface area (Å²) in [7, 11) is 0. The Morgan fingerprint density at radius 1 is 0.455 bits per heavy atom. The smallest absolute Gasteiger partial charge is 0.0443 e. The van der Waals surface area contributed by atoms with E-state index in [0.29, 0.717) is 0 Å². The molecule has 22 heavy (non-hydrogen) atoms. The molecule has 0 bridgehead atoms. The molecule has 0 aromatic rings. The molecule has 0 amide bonds. The van der Waals surface area contributed by atoms with Gasteiger partial charge in [0.05, 0.1) is 0 Å². The van der Waals surface area contributed by atoms with Crippen molar-refractivity contribution in [3.63, 3.8) is 0 Å². The zero-order chi connectivity index (χ0) is 16.3. The minimum Gasteiger partial charge on any atom is -0.0625 e. The zero-order valence-electron chi connectivity index (χ0n) is 15.7. The summed E-state index contributed by atoms with van der Waals surface area (Å²) in [5.41, 5.74) is 0. The number of unbranched alkanes of at least 4 members (excludes halogenated alkanes) is 14. The monoisotopic (exact) mass is 308 g/mol. The highest BCUT2D eigenvalue weighted by Gasteiger charge is 2.02. The number of rotatable bonds is 18. The number of hydrogen-bond donors (Lipinski definition) is 0. The van der Waals surface area contributed by atoms with E-state index in [4.69, 9.17) is 0 Å². The van der Waals surface area contributed by atoms with Gasteiger partial charge in [0, 0.05) is 0 Å². The quantitative estimate of drug-likeness (QED) is 0.223. The van der Waals surface area contributed by atoms with Gasteiger partial charge in [-0.2, -0.15) is 0 Å². The Bertz CT molecular complexity index is 164. The molecule has 0 N–H and O–H groups in total. The summed E-state index contributed by atoms with van der Waals surface area (Å²) in [5.74, 6) is 0.956. The van der Waals surface area contributed by atoms with E-state index in [1.807, 2.05) is 0 Å². The van der Waals surface area contributed by atoms with Crippen molar-refractivity contribution in [2.75, 3.05) is 0 Å². The minimum absolute atomic E-state index is 0.956. The Morgan fingerprint density at radius 2 is 0.727 bits per heavy atom. The summed E-state index contributed by atoms with van der Waals surface area (Å²) in [5, 5.41) is 0. The standard InChI is InChI=1S/C22H44/c1-4-6-8-10-12-14-16-18-20-22(3)21-19-17-15-13-11-9-7-5-2/h22H,1-2,4-21H2,3H3. The molecule has 0 aromatic carbocycles. The molecule has 0 saturated carbocycles. The summed E-state index contributed by atoms with van der Waals surface area (Å²) in [6.45, 7) is 10.3. The minimum atomic E-state index is 0.956. The predicted molar refractivity (Wildman–Crippen MR) is 103 cm³/mol. The first-order valence-corrected chi connectivity index (χ1v) is 10.4. The predicted octanol–water partition coefficient (Wildman–Crippen LogP) is 8.31. The van der Waals surface area contributed by atoms with Gasteiger partial charge in [0.15, 0.2) is 0 Å². The van der Waals surface area contributed by atoms with Crippen LogP contribution >= 0.6 is 0 Å². The lowest BCUT2D eigenvalue weighted by Crippen LogP contribution is -1.95. The Balaban J connectivity index is 3.11. The topological polar surface area (TPSA) is 0 Å². The van der Waals surface area contributed by atoms with Gasteiger partial charge < -0.3 is 0 Å². The van der Waals surface area contributed by atoms with Crippen molar-refractivity contribution < 1.29 is 0 Å². The normalized spacial score (nSPS) is 11.5. The summed E-state index contributed by atoms with van der Waals surface area (Å²) >= 11 is 0. The van der Waals surface area contributed by atoms with Crippen molar-refractivity contribution in [3.05, 3.63) is 13.8 Å². The summed E-state index contributed by atoms with van der Waals surface area (Å²) in [6.07, 6.45) is 25.1. The van der Waals surface area contributed by atoms with Crippen molar-refractivity contribution >= 4 is 0 Å². The second-order valence-corrected chi connectivity index (χ2v) is 7.34. The Labute approximate surface area is 142 Å². The van der Waals surface area contributed by atoms with E-state index >= 15 is 0 Å². The lowest BCUT2D eigenvalue weighted by molar-refractivity contribution is 0.430. The van der Waals surface area contributed by atoms with E-state index < -0.39 is 0 Å². The summed E-state index contributed by atoms with van der Waals surface area (Å²) < 4.78 is 0. The molecule has 0 nitrogen and oxygen atoms in total. The highest BCUT2D eigenvalue weighted by Crippen LogP contribution is 2.18. The van der Waals surface area contributed by atoms with Gasteiger partial charge in [-0.15, -0.1) is 0 Å². The third kappa shape index (κ3) is 18.1. The van der Waals surface area contributed by atoms with Crippen molar-refractivity contribution in [1.29, 1.82) is 0 Å². The lowest BCUT2D eigenvalue weighted by Gasteiger charge is -2.11. The van der Waals surface area contributed by atoms with Crippen molar-refractivity contribution in [2.45, 2.75) is 122 Å². The molecular weight excluding hydrogens is 264 g/mol. The van der Waals surface area contributed by atoms with Crippen LogP contribution in [0.1, 0.15) is 122 Å². The molecule has 0 rings (SSSR count). The van der Waals surface area contributed by atoms with E-state index in [2.05, 4.69) is 20.8 Å². The second-order valence-electron chi connectivity index (χ2n) is 7.34. The van der Waals surface area contributed by atoms with Gasteiger partial charge in [0.2, 0.25) is 0 Å². The molecule has 132 valence electrons. The van der Waals surface area contributed by atoms with Crippen LogP contribution in [0, 0.1) is 19.8 Å². The van der Waals surface area contributed by atoms with E-state index in [0.717, 1.165) is 18.8 Å². The SMILES string of the molecule is [CH2]CCCCCCCCCC(C)CCCCCCCCC[CH2]. The molecule has 0 spiro atoms. The maximum atomic E-state index is 3.90. The zero-order valence-corrected chi connectivity index (χ0v) is 15.7. The van der Waals surface area contributed by atoms with Crippen LogP contribution in [0.2, 0.25) is 0 Å². The van der Waals surface area contributed by atoms with Crippen LogP contribution in [-0.2, 0) is 0 Å². The fourth-order valence-corrected chi connectivity index (χ4v) is 3.25. The van der Waals surface area contributed by atoms with E-state index in [1.165, 1.54) is 103 Å². The van der Waals surface area contributed by atoms with Gasteiger partial charge in [-0.1, -0.05) is 136 Å². The molecule has 0 aliphatic rings. The van der Waals surface area contributed by atoms with Crippen molar-refractivity contribution in [3.8, 4) is 0 Å². The Hall–Kier alpha value is 0. The van der Waals surface area contributed by atoms with Crippen LogP contribution in [0.4, 0.5) is 0 Å². The lowest BCUT2D eigenvalue weighted by atomic mass is 9.96. The molecule has 0 aliphatic heterocycles. The van der Waals surface area contributed by atoms with Crippen LogP contribution in [0.25, 0.3) is 0 Å². The first-order valence-electron chi connectivity index (χ1n) is 10.4. The first kappa shape index (κ1) is 22.0. The highest BCUT2D eigenvalue weighted by atomic mass is 14.1. The highest BCUT2D eigenvalue weighted by molar-refractivity contribution is 4.56. The fraction of sp³-hybridized carbons (Fsp3) is 0.909. The molecular formula is C22H44. The Morgan fingerprint density at radius 3 is 1.05 bits per heavy atom. The summed E-state index contributed by atoms with van der Waals surface area (Å²) in [6, 6.07) is 0. The maximum Gasteiger partial charge on any atom is -0.0443 e. The fourth-order valence-electron chi connectivity index (χ4n) is 3.25. The van der Waals surface area contributed by atoms with E-state index in [-0.39, 0.29) is 0 Å². The van der Waals surface area contributed by atoms with Gasteiger partial charge in [-0.25, -0.2) is 0 Å². The average molecular weight is 309 g/mol. The van der Waals surface area contributed by atoms with Gasteiger partial charge in [-0.3, -0.25) is 0 Å². The van der Waals surface area contributed by atoms with Gasteiger partial charge in [0.1, 0.15) is 0 Å². The van der Waals surface area contributed by atoms with E-state index in [9.17, 15) is 0 Å². The first-order chi connectivity index (χ1) is 10.8. The number of hydrogen-bond acceptors (Lipinski definition) is 0. The molecule has 0 unspecified atom stereocenters. The second kappa shape index (κ2) is 19.0. The third-order valence-electron chi connectivity index (χ3n) is 4.89. The molecule has 0 fully saturated rings. The van der Waals surface area contributed by atoms with Crippen LogP contribution in [0.5, 0.6) is 0 Å². The van der Waals surface area contributed by atoms with Gasteiger partial charge >= 0.3 is 0 Å². The van der Waals surface area contributed by atoms with Crippen LogP contribution < -0.4 is 0 Å². The molecule has 0 saturated heterocycles. The molecule has 0 aromatic heterocycles.